The lowest BCUT2D eigenvalue weighted by Crippen LogP contribution is -2.03. The smallest absolute Gasteiger partial charge is 0.203 e. The normalized spacial score (nSPS) is 10.8. The monoisotopic (exact) mass is 370 g/mol. The number of carbonyl (C=O) groups excluding carboxylic acids is 1. The fourth-order valence-electron chi connectivity index (χ4n) is 2.59. The Labute approximate surface area is 163 Å². The van der Waals surface area contributed by atoms with E-state index in [-0.39, 0.29) is 18.0 Å². The number of para-hydroxylation sites is 1. The summed E-state index contributed by atoms with van der Waals surface area (Å²) in [6, 6.07) is 21.5. The average molecular weight is 370 g/mol. The molecule has 0 fully saturated rings. The molecule has 0 amide bonds. The topological polar surface area (TPSA) is 72.2 Å². The fourth-order valence-corrected chi connectivity index (χ4v) is 2.59. The van der Waals surface area contributed by atoms with Gasteiger partial charge >= 0.3 is 0 Å². The summed E-state index contributed by atoms with van der Waals surface area (Å²) in [7, 11) is 1.53. The molecule has 0 bridgehead atoms. The first kappa shape index (κ1) is 18.9. The van der Waals surface area contributed by atoms with Crippen LogP contribution >= 0.6 is 0 Å². The minimum atomic E-state index is -0.374. The molecule has 1 heterocycles. The summed E-state index contributed by atoms with van der Waals surface area (Å²) >= 11 is 0. The van der Waals surface area contributed by atoms with Crippen LogP contribution in [0, 0.1) is 11.3 Å². The highest BCUT2D eigenvalue weighted by molar-refractivity contribution is 6.14. The third-order valence-corrected chi connectivity index (χ3v) is 4.02. The summed E-state index contributed by atoms with van der Waals surface area (Å²) < 4.78 is 11.0. The predicted octanol–water partition coefficient (Wildman–Crippen LogP) is 4.46. The van der Waals surface area contributed by atoms with E-state index in [1.165, 1.54) is 13.2 Å². The van der Waals surface area contributed by atoms with Crippen molar-refractivity contribution in [1.82, 2.24) is 4.98 Å². The molecule has 0 atom stereocenters. The van der Waals surface area contributed by atoms with Crippen LogP contribution < -0.4 is 9.47 Å². The number of rotatable bonds is 7. The van der Waals surface area contributed by atoms with E-state index < -0.39 is 0 Å². The molecule has 0 N–H and O–H groups in total. The molecule has 0 saturated heterocycles. The van der Waals surface area contributed by atoms with E-state index in [9.17, 15) is 10.1 Å². The van der Waals surface area contributed by atoms with E-state index in [0.29, 0.717) is 22.6 Å². The zero-order valence-electron chi connectivity index (χ0n) is 15.3. The SMILES string of the molecule is COc1cccc(C(=O)/C(C#N)=C/c2ccccc2OCc2ccccn2)c1. The highest BCUT2D eigenvalue weighted by Crippen LogP contribution is 2.24. The van der Waals surface area contributed by atoms with Gasteiger partial charge in [0.1, 0.15) is 29.7 Å². The molecule has 0 radical (unpaired) electrons. The first-order valence-electron chi connectivity index (χ1n) is 8.63. The summed E-state index contributed by atoms with van der Waals surface area (Å²) in [5.74, 6) is 0.752. The van der Waals surface area contributed by atoms with Crippen molar-refractivity contribution in [3.8, 4) is 17.6 Å². The molecule has 138 valence electrons. The molecule has 5 nitrogen and oxygen atoms in total. The summed E-state index contributed by atoms with van der Waals surface area (Å²) in [4.78, 5) is 17.0. The standard InChI is InChI=1S/C23H18N2O3/c1-27-21-10-6-8-18(14-21)23(26)19(15-24)13-17-7-2-3-11-22(17)28-16-20-9-4-5-12-25-20/h2-14H,16H2,1H3/b19-13+. The molecule has 0 aliphatic heterocycles. The van der Waals surface area contributed by atoms with Crippen molar-refractivity contribution in [2.24, 2.45) is 0 Å². The Kier molecular flexibility index (Phi) is 6.17. The third-order valence-electron chi connectivity index (χ3n) is 4.02. The van der Waals surface area contributed by atoms with Gasteiger partial charge in [0.25, 0.3) is 0 Å². The molecule has 28 heavy (non-hydrogen) atoms. The third kappa shape index (κ3) is 4.63. The van der Waals surface area contributed by atoms with Gasteiger partial charge in [0.05, 0.1) is 12.8 Å². The number of pyridine rings is 1. The molecule has 0 unspecified atom stereocenters. The Morgan fingerprint density at radius 3 is 2.68 bits per heavy atom. The number of nitrogens with zero attached hydrogens (tertiary/aromatic N) is 2. The van der Waals surface area contributed by atoms with Crippen LogP contribution in [0.3, 0.4) is 0 Å². The second kappa shape index (κ2) is 9.15. The number of ether oxygens (including phenoxy) is 2. The summed E-state index contributed by atoms with van der Waals surface area (Å²) in [6.45, 7) is 0.289. The van der Waals surface area contributed by atoms with Gasteiger partial charge in [-0.25, -0.2) is 0 Å². The largest absolute Gasteiger partial charge is 0.497 e. The number of allylic oxidation sites excluding steroid dienone is 1. The van der Waals surface area contributed by atoms with E-state index in [1.54, 1.807) is 42.6 Å². The second-order valence-electron chi connectivity index (χ2n) is 5.88. The van der Waals surface area contributed by atoms with Crippen molar-refractivity contribution in [1.29, 1.82) is 5.26 Å². The Morgan fingerprint density at radius 2 is 1.93 bits per heavy atom. The zero-order chi connectivity index (χ0) is 19.8. The number of carbonyl (C=O) groups is 1. The van der Waals surface area contributed by atoms with E-state index in [1.807, 2.05) is 36.4 Å². The van der Waals surface area contributed by atoms with Gasteiger partial charge in [0, 0.05) is 17.3 Å². The van der Waals surface area contributed by atoms with Gasteiger partial charge < -0.3 is 9.47 Å². The van der Waals surface area contributed by atoms with Crippen LogP contribution in [0.5, 0.6) is 11.5 Å². The van der Waals surface area contributed by atoms with Crippen molar-refractivity contribution in [2.45, 2.75) is 6.61 Å². The molecule has 2 aromatic carbocycles. The van der Waals surface area contributed by atoms with Crippen molar-refractivity contribution >= 4 is 11.9 Å². The van der Waals surface area contributed by atoms with Gasteiger partial charge in [0.15, 0.2) is 0 Å². The van der Waals surface area contributed by atoms with Crippen LogP contribution in [0.2, 0.25) is 0 Å². The number of benzene rings is 2. The quantitative estimate of drug-likeness (QED) is 0.349. The first-order chi connectivity index (χ1) is 13.7. The Hall–Kier alpha value is -3.91. The number of hydrogen-bond donors (Lipinski definition) is 0. The van der Waals surface area contributed by atoms with Crippen molar-refractivity contribution < 1.29 is 14.3 Å². The molecular formula is C23H18N2O3. The number of methoxy groups -OCH3 is 1. The van der Waals surface area contributed by atoms with Crippen LogP contribution in [-0.4, -0.2) is 17.9 Å². The highest BCUT2D eigenvalue weighted by Gasteiger charge is 2.14. The lowest BCUT2D eigenvalue weighted by atomic mass is 10.0. The second-order valence-corrected chi connectivity index (χ2v) is 5.88. The summed E-state index contributed by atoms with van der Waals surface area (Å²) in [5.41, 5.74) is 1.83. The summed E-state index contributed by atoms with van der Waals surface area (Å²) in [5, 5.41) is 9.52. The molecular weight excluding hydrogens is 352 g/mol. The fraction of sp³-hybridized carbons (Fsp3) is 0.0870. The van der Waals surface area contributed by atoms with Gasteiger partial charge in [-0.3, -0.25) is 9.78 Å². The van der Waals surface area contributed by atoms with Gasteiger partial charge in [-0.15, -0.1) is 0 Å². The van der Waals surface area contributed by atoms with Crippen molar-refractivity contribution in [3.05, 3.63) is 95.3 Å². The van der Waals surface area contributed by atoms with Crippen LogP contribution in [-0.2, 0) is 6.61 Å². The van der Waals surface area contributed by atoms with Crippen molar-refractivity contribution in [2.75, 3.05) is 7.11 Å². The van der Waals surface area contributed by atoms with Gasteiger partial charge in [-0.2, -0.15) is 5.26 Å². The van der Waals surface area contributed by atoms with Gasteiger partial charge in [0.2, 0.25) is 5.78 Å². The molecule has 0 aliphatic carbocycles. The summed E-state index contributed by atoms with van der Waals surface area (Å²) in [6.07, 6.45) is 3.24. The van der Waals surface area contributed by atoms with Crippen LogP contribution in [0.15, 0.2) is 78.5 Å². The van der Waals surface area contributed by atoms with Gasteiger partial charge in [-0.1, -0.05) is 36.4 Å². The molecule has 5 heteroatoms. The van der Waals surface area contributed by atoms with Crippen LogP contribution in [0.4, 0.5) is 0 Å². The van der Waals surface area contributed by atoms with Gasteiger partial charge in [-0.05, 0) is 36.4 Å². The molecule has 1 aromatic heterocycles. The Bertz CT molecular complexity index is 1040. The average Bonchev–Trinajstić information content (AvgIpc) is 2.77. The number of Topliss-reactive ketones (excluding diaryl/α,β-unsaturated/α-hetero) is 1. The first-order valence-corrected chi connectivity index (χ1v) is 8.63. The highest BCUT2D eigenvalue weighted by atomic mass is 16.5. The van der Waals surface area contributed by atoms with E-state index in [2.05, 4.69) is 4.98 Å². The lowest BCUT2D eigenvalue weighted by Gasteiger charge is -2.09. The van der Waals surface area contributed by atoms with Crippen LogP contribution in [0.25, 0.3) is 6.08 Å². The Balaban J connectivity index is 1.86. The van der Waals surface area contributed by atoms with E-state index in [0.717, 1.165) is 5.69 Å². The Morgan fingerprint density at radius 1 is 1.11 bits per heavy atom. The maximum Gasteiger partial charge on any atom is 0.203 e. The minimum absolute atomic E-state index is 0.0159. The molecule has 0 spiro atoms. The number of nitriles is 1. The maximum atomic E-state index is 12.7. The molecule has 0 saturated carbocycles. The van der Waals surface area contributed by atoms with Crippen molar-refractivity contribution in [3.63, 3.8) is 0 Å². The zero-order valence-corrected chi connectivity index (χ0v) is 15.3. The van der Waals surface area contributed by atoms with Crippen LogP contribution in [0.1, 0.15) is 21.6 Å². The molecule has 3 aromatic rings. The number of aromatic nitrogens is 1. The maximum absolute atomic E-state index is 12.7. The molecule has 3 rings (SSSR count). The lowest BCUT2D eigenvalue weighted by molar-refractivity contribution is 0.103. The predicted molar refractivity (Wildman–Crippen MR) is 106 cm³/mol. The minimum Gasteiger partial charge on any atom is -0.497 e. The number of ketones is 1. The van der Waals surface area contributed by atoms with E-state index in [4.69, 9.17) is 9.47 Å². The number of hydrogen-bond acceptors (Lipinski definition) is 5. The van der Waals surface area contributed by atoms with E-state index >= 15 is 0 Å². The molecule has 0 aliphatic rings.